The molecule has 0 N–H and O–H groups in total. The van der Waals surface area contributed by atoms with Gasteiger partial charge in [-0.3, -0.25) is 9.78 Å². The molecule has 4 heteroatoms. The van der Waals surface area contributed by atoms with Crippen molar-refractivity contribution in [3.8, 4) is 0 Å². The van der Waals surface area contributed by atoms with E-state index < -0.39 is 0 Å². The highest BCUT2D eigenvalue weighted by Gasteiger charge is 2.06. The SMILES string of the molecule is O=C(CCc1ccccn1)Cc1ccc(Cl)c(Cl)c1. The minimum atomic E-state index is 0.170. The minimum absolute atomic E-state index is 0.170. The molecule has 2 aromatic rings. The van der Waals surface area contributed by atoms with Crippen LogP contribution < -0.4 is 0 Å². The number of Topliss-reactive ketones (excluding diaryl/α,β-unsaturated/α-hetero) is 1. The number of rotatable bonds is 5. The molecule has 98 valence electrons. The van der Waals surface area contributed by atoms with E-state index in [2.05, 4.69) is 4.98 Å². The summed E-state index contributed by atoms with van der Waals surface area (Å²) in [6, 6.07) is 11.0. The van der Waals surface area contributed by atoms with Crippen LogP contribution >= 0.6 is 23.2 Å². The molecule has 0 spiro atoms. The zero-order chi connectivity index (χ0) is 13.7. The van der Waals surface area contributed by atoms with Crippen molar-refractivity contribution in [1.82, 2.24) is 4.98 Å². The van der Waals surface area contributed by atoms with Crippen molar-refractivity contribution in [2.45, 2.75) is 19.3 Å². The summed E-state index contributed by atoms with van der Waals surface area (Å²) < 4.78 is 0. The van der Waals surface area contributed by atoms with Gasteiger partial charge >= 0.3 is 0 Å². The monoisotopic (exact) mass is 293 g/mol. The van der Waals surface area contributed by atoms with E-state index in [4.69, 9.17) is 23.2 Å². The summed E-state index contributed by atoms with van der Waals surface area (Å²) >= 11 is 11.8. The Hall–Kier alpha value is -1.38. The lowest BCUT2D eigenvalue weighted by Crippen LogP contribution is -2.05. The molecule has 0 atom stereocenters. The molecule has 0 saturated carbocycles. The lowest BCUT2D eigenvalue weighted by Gasteiger charge is -2.03. The third-order valence-corrected chi connectivity index (χ3v) is 3.51. The third-order valence-electron chi connectivity index (χ3n) is 2.77. The highest BCUT2D eigenvalue weighted by atomic mass is 35.5. The van der Waals surface area contributed by atoms with E-state index in [0.717, 1.165) is 11.3 Å². The van der Waals surface area contributed by atoms with Gasteiger partial charge in [0.25, 0.3) is 0 Å². The molecule has 1 aromatic heterocycles. The fourth-order valence-electron chi connectivity index (χ4n) is 1.78. The summed E-state index contributed by atoms with van der Waals surface area (Å²) in [4.78, 5) is 16.1. The van der Waals surface area contributed by atoms with Gasteiger partial charge in [-0.25, -0.2) is 0 Å². The number of aryl methyl sites for hydroxylation is 1. The second-order valence-corrected chi connectivity index (χ2v) is 5.10. The summed E-state index contributed by atoms with van der Waals surface area (Å²) in [5.41, 5.74) is 1.82. The largest absolute Gasteiger partial charge is 0.299 e. The molecular formula is C15H13Cl2NO. The van der Waals surface area contributed by atoms with Crippen LogP contribution in [0.5, 0.6) is 0 Å². The Morgan fingerprint density at radius 3 is 2.63 bits per heavy atom. The van der Waals surface area contributed by atoms with Crippen molar-refractivity contribution in [3.63, 3.8) is 0 Å². The van der Waals surface area contributed by atoms with E-state index in [1.165, 1.54) is 0 Å². The Morgan fingerprint density at radius 1 is 1.11 bits per heavy atom. The Kier molecular flexibility index (Phi) is 4.94. The van der Waals surface area contributed by atoms with Crippen LogP contribution in [0, 0.1) is 0 Å². The third kappa shape index (κ3) is 4.34. The minimum Gasteiger partial charge on any atom is -0.299 e. The predicted molar refractivity (Wildman–Crippen MR) is 77.7 cm³/mol. The first-order chi connectivity index (χ1) is 9.15. The maximum absolute atomic E-state index is 11.9. The molecule has 0 radical (unpaired) electrons. The fraction of sp³-hybridized carbons (Fsp3) is 0.200. The van der Waals surface area contributed by atoms with Crippen LogP contribution in [0.25, 0.3) is 0 Å². The van der Waals surface area contributed by atoms with Crippen LogP contribution in [0.4, 0.5) is 0 Å². The molecule has 19 heavy (non-hydrogen) atoms. The summed E-state index contributed by atoms with van der Waals surface area (Å²) in [6.45, 7) is 0. The molecule has 0 fully saturated rings. The van der Waals surface area contributed by atoms with Crippen LogP contribution in [-0.4, -0.2) is 10.8 Å². The summed E-state index contributed by atoms with van der Waals surface area (Å²) in [6.07, 6.45) is 3.26. The molecule has 0 amide bonds. The highest BCUT2D eigenvalue weighted by Crippen LogP contribution is 2.23. The average molecular weight is 294 g/mol. The van der Waals surface area contributed by atoms with Crippen LogP contribution in [0.15, 0.2) is 42.6 Å². The van der Waals surface area contributed by atoms with Gasteiger partial charge in [0, 0.05) is 24.7 Å². The predicted octanol–water partition coefficient (Wildman–Crippen LogP) is 4.13. The number of halogens is 2. The molecule has 0 aliphatic carbocycles. The molecule has 2 rings (SSSR count). The molecule has 0 bridgehead atoms. The number of benzene rings is 1. The van der Waals surface area contributed by atoms with E-state index in [0.29, 0.717) is 29.3 Å². The van der Waals surface area contributed by atoms with E-state index in [-0.39, 0.29) is 5.78 Å². The summed E-state index contributed by atoms with van der Waals surface area (Å²) in [5, 5.41) is 0.989. The second-order valence-electron chi connectivity index (χ2n) is 4.28. The molecule has 1 heterocycles. The van der Waals surface area contributed by atoms with Gasteiger partial charge in [0.2, 0.25) is 0 Å². The Bertz CT molecular complexity index is 570. The summed E-state index contributed by atoms with van der Waals surface area (Å²) in [7, 11) is 0. The van der Waals surface area contributed by atoms with Gasteiger partial charge < -0.3 is 0 Å². The zero-order valence-corrected chi connectivity index (χ0v) is 11.8. The van der Waals surface area contributed by atoms with Crippen LogP contribution in [0.3, 0.4) is 0 Å². The van der Waals surface area contributed by atoms with Crippen LogP contribution in [0.1, 0.15) is 17.7 Å². The van der Waals surface area contributed by atoms with Gasteiger partial charge in [0.1, 0.15) is 5.78 Å². The van der Waals surface area contributed by atoms with E-state index in [9.17, 15) is 4.79 Å². The fourth-order valence-corrected chi connectivity index (χ4v) is 2.10. The van der Waals surface area contributed by atoms with Crippen molar-refractivity contribution >= 4 is 29.0 Å². The number of ketones is 1. The van der Waals surface area contributed by atoms with Gasteiger partial charge in [-0.1, -0.05) is 35.3 Å². The van der Waals surface area contributed by atoms with E-state index in [1.807, 2.05) is 24.3 Å². The van der Waals surface area contributed by atoms with Crippen molar-refractivity contribution in [2.75, 3.05) is 0 Å². The first-order valence-corrected chi connectivity index (χ1v) is 6.76. The van der Waals surface area contributed by atoms with Gasteiger partial charge in [-0.15, -0.1) is 0 Å². The topological polar surface area (TPSA) is 30.0 Å². The molecule has 1 aromatic carbocycles. The number of carbonyl (C=O) groups excluding carboxylic acids is 1. The van der Waals surface area contributed by atoms with Crippen molar-refractivity contribution in [2.24, 2.45) is 0 Å². The first kappa shape index (κ1) is 14.0. The molecule has 0 saturated heterocycles. The van der Waals surface area contributed by atoms with Crippen LogP contribution in [-0.2, 0) is 17.6 Å². The Labute approximate surface area is 122 Å². The number of hydrogen-bond acceptors (Lipinski definition) is 2. The van der Waals surface area contributed by atoms with Crippen molar-refractivity contribution in [3.05, 3.63) is 63.9 Å². The number of hydrogen-bond donors (Lipinski definition) is 0. The average Bonchev–Trinajstić information content (AvgIpc) is 2.42. The smallest absolute Gasteiger partial charge is 0.137 e. The first-order valence-electron chi connectivity index (χ1n) is 6.00. The number of nitrogens with zero attached hydrogens (tertiary/aromatic N) is 1. The van der Waals surface area contributed by atoms with E-state index >= 15 is 0 Å². The normalized spacial score (nSPS) is 10.4. The number of pyridine rings is 1. The zero-order valence-electron chi connectivity index (χ0n) is 10.3. The molecule has 0 aliphatic rings. The van der Waals surface area contributed by atoms with Gasteiger partial charge in [0.15, 0.2) is 0 Å². The lowest BCUT2D eigenvalue weighted by molar-refractivity contribution is -0.118. The highest BCUT2D eigenvalue weighted by molar-refractivity contribution is 6.42. The second kappa shape index (κ2) is 6.69. The van der Waals surface area contributed by atoms with Gasteiger partial charge in [0.05, 0.1) is 10.0 Å². The molecule has 0 unspecified atom stereocenters. The van der Waals surface area contributed by atoms with E-state index in [1.54, 1.807) is 18.3 Å². The van der Waals surface area contributed by atoms with Crippen LogP contribution in [0.2, 0.25) is 10.0 Å². The molecule has 0 aliphatic heterocycles. The standard InChI is InChI=1S/C15H13Cl2NO/c16-14-7-4-11(10-15(14)17)9-13(19)6-5-12-3-1-2-8-18-12/h1-4,7-8,10H,5-6,9H2. The number of aromatic nitrogens is 1. The molecular weight excluding hydrogens is 281 g/mol. The summed E-state index contributed by atoms with van der Waals surface area (Å²) in [5.74, 6) is 0.170. The Balaban J connectivity index is 1.89. The van der Waals surface area contributed by atoms with Crippen molar-refractivity contribution in [1.29, 1.82) is 0 Å². The maximum Gasteiger partial charge on any atom is 0.137 e. The number of carbonyl (C=O) groups is 1. The Morgan fingerprint density at radius 2 is 1.95 bits per heavy atom. The van der Waals surface area contributed by atoms with Crippen molar-refractivity contribution < 1.29 is 4.79 Å². The molecule has 2 nitrogen and oxygen atoms in total. The lowest BCUT2D eigenvalue weighted by atomic mass is 10.0. The van der Waals surface area contributed by atoms with Gasteiger partial charge in [-0.05, 0) is 36.2 Å². The van der Waals surface area contributed by atoms with Gasteiger partial charge in [-0.2, -0.15) is 0 Å². The maximum atomic E-state index is 11.9. The quantitative estimate of drug-likeness (QED) is 0.829.